The maximum absolute atomic E-state index is 5.63. The Bertz CT molecular complexity index is 545. The van der Waals surface area contributed by atoms with E-state index in [1.807, 2.05) is 12.1 Å². The van der Waals surface area contributed by atoms with Gasteiger partial charge in [0, 0.05) is 30.7 Å². The van der Waals surface area contributed by atoms with Crippen molar-refractivity contribution in [2.75, 3.05) is 33.5 Å². The van der Waals surface area contributed by atoms with Crippen LogP contribution in [0.15, 0.2) is 36.4 Å². The van der Waals surface area contributed by atoms with Crippen molar-refractivity contribution in [3.63, 3.8) is 0 Å². The van der Waals surface area contributed by atoms with Gasteiger partial charge in [0.25, 0.3) is 0 Å². The highest BCUT2D eigenvalue weighted by atomic mass is 16.5. The van der Waals surface area contributed by atoms with E-state index in [2.05, 4.69) is 36.5 Å². The Morgan fingerprint density at radius 1 is 1.14 bits per heavy atom. The molecule has 0 fully saturated rings. The van der Waals surface area contributed by atoms with E-state index in [0.717, 1.165) is 24.2 Å². The van der Waals surface area contributed by atoms with Crippen LogP contribution in [-0.2, 0) is 15.9 Å². The molecule has 2 aromatic rings. The summed E-state index contributed by atoms with van der Waals surface area (Å²) < 4.78 is 10.6. The third kappa shape index (κ3) is 5.08. The van der Waals surface area contributed by atoms with Crippen LogP contribution >= 0.6 is 0 Å². The van der Waals surface area contributed by atoms with E-state index in [4.69, 9.17) is 14.5 Å². The van der Waals surface area contributed by atoms with Crippen molar-refractivity contribution in [1.29, 1.82) is 0 Å². The van der Waals surface area contributed by atoms with Crippen LogP contribution in [0.4, 0.5) is 0 Å². The number of pyridine rings is 1. The average molecular weight is 288 g/mol. The number of fused-ring (bicyclic) bond motifs is 1. The molecule has 0 bridgehead atoms. The first-order valence-corrected chi connectivity index (χ1v) is 7.48. The van der Waals surface area contributed by atoms with Gasteiger partial charge in [-0.15, -0.1) is 0 Å². The van der Waals surface area contributed by atoms with Gasteiger partial charge < -0.3 is 14.8 Å². The molecule has 1 N–H and O–H groups in total. The van der Waals surface area contributed by atoms with E-state index < -0.39 is 0 Å². The molecule has 4 heteroatoms. The minimum atomic E-state index is 0.278. The van der Waals surface area contributed by atoms with Crippen molar-refractivity contribution in [3.05, 3.63) is 42.1 Å². The summed E-state index contributed by atoms with van der Waals surface area (Å²) in [5.74, 6) is 0. The van der Waals surface area contributed by atoms with Crippen LogP contribution in [-0.4, -0.2) is 44.5 Å². The fraction of sp³-hybridized carbons (Fsp3) is 0.471. The fourth-order valence-electron chi connectivity index (χ4n) is 2.32. The lowest BCUT2D eigenvalue weighted by molar-refractivity contribution is 0.0588. The number of rotatable bonds is 9. The molecule has 0 saturated carbocycles. The van der Waals surface area contributed by atoms with Crippen molar-refractivity contribution in [1.82, 2.24) is 10.3 Å². The molecule has 2 rings (SSSR count). The minimum absolute atomic E-state index is 0.278. The van der Waals surface area contributed by atoms with Gasteiger partial charge in [0.15, 0.2) is 0 Å². The predicted octanol–water partition coefficient (Wildman–Crippen LogP) is 2.42. The molecule has 0 amide bonds. The molecular weight excluding hydrogens is 264 g/mol. The van der Waals surface area contributed by atoms with Crippen LogP contribution in [0.25, 0.3) is 10.9 Å². The molecule has 4 nitrogen and oxygen atoms in total. The van der Waals surface area contributed by atoms with Gasteiger partial charge in [-0.3, -0.25) is 4.98 Å². The van der Waals surface area contributed by atoms with Crippen molar-refractivity contribution >= 4 is 10.9 Å². The van der Waals surface area contributed by atoms with Crippen molar-refractivity contribution in [3.8, 4) is 0 Å². The number of nitrogens with one attached hydrogen (secondary N) is 1. The molecule has 114 valence electrons. The lowest BCUT2D eigenvalue weighted by Crippen LogP contribution is -2.36. The maximum Gasteiger partial charge on any atom is 0.0705 e. The Balaban J connectivity index is 1.96. The molecule has 1 atom stereocenters. The standard InChI is InChI=1S/C17H24N2O2/c1-3-18-16(13-21-11-10-20-2)12-15-9-8-14-6-4-5-7-17(14)19-15/h4-9,16,18H,3,10-13H2,1-2H3. The van der Waals surface area contributed by atoms with Crippen LogP contribution < -0.4 is 5.32 Å². The summed E-state index contributed by atoms with van der Waals surface area (Å²) in [6.07, 6.45) is 0.867. The summed E-state index contributed by atoms with van der Waals surface area (Å²) in [5, 5.41) is 4.63. The summed E-state index contributed by atoms with van der Waals surface area (Å²) in [6.45, 7) is 4.96. The second-order valence-electron chi connectivity index (χ2n) is 5.02. The van der Waals surface area contributed by atoms with E-state index in [1.54, 1.807) is 7.11 Å². The number of hydrogen-bond acceptors (Lipinski definition) is 4. The topological polar surface area (TPSA) is 43.4 Å². The number of likely N-dealkylation sites (N-methyl/N-ethyl adjacent to an activating group) is 1. The number of methoxy groups -OCH3 is 1. The molecule has 21 heavy (non-hydrogen) atoms. The van der Waals surface area contributed by atoms with Gasteiger partial charge in [0.05, 0.1) is 25.3 Å². The number of para-hydroxylation sites is 1. The monoisotopic (exact) mass is 288 g/mol. The van der Waals surface area contributed by atoms with Gasteiger partial charge in [-0.05, 0) is 18.7 Å². The number of benzene rings is 1. The molecule has 1 aromatic heterocycles. The molecule has 0 radical (unpaired) electrons. The molecule has 1 unspecified atom stereocenters. The van der Waals surface area contributed by atoms with Gasteiger partial charge in [-0.2, -0.15) is 0 Å². The lowest BCUT2D eigenvalue weighted by Gasteiger charge is -2.18. The van der Waals surface area contributed by atoms with Crippen LogP contribution in [0, 0.1) is 0 Å². The third-order valence-electron chi connectivity index (χ3n) is 3.36. The maximum atomic E-state index is 5.63. The Morgan fingerprint density at radius 3 is 2.81 bits per heavy atom. The molecule has 0 aliphatic heterocycles. The smallest absolute Gasteiger partial charge is 0.0705 e. The normalized spacial score (nSPS) is 12.7. The van der Waals surface area contributed by atoms with Gasteiger partial charge in [-0.1, -0.05) is 31.2 Å². The largest absolute Gasteiger partial charge is 0.382 e. The summed E-state index contributed by atoms with van der Waals surface area (Å²) in [7, 11) is 1.68. The number of aromatic nitrogens is 1. The van der Waals surface area contributed by atoms with Crippen LogP contribution in [0.1, 0.15) is 12.6 Å². The average Bonchev–Trinajstić information content (AvgIpc) is 2.51. The van der Waals surface area contributed by atoms with Crippen LogP contribution in [0.3, 0.4) is 0 Å². The second kappa shape index (κ2) is 8.72. The SMILES string of the molecule is CCNC(COCCOC)Cc1ccc2ccccc2n1. The zero-order valence-electron chi connectivity index (χ0n) is 12.8. The molecule has 0 aliphatic carbocycles. The van der Waals surface area contributed by atoms with Gasteiger partial charge >= 0.3 is 0 Å². The molecule has 1 heterocycles. The minimum Gasteiger partial charge on any atom is -0.382 e. The lowest BCUT2D eigenvalue weighted by atomic mass is 10.1. The Labute approximate surface area is 126 Å². The zero-order valence-corrected chi connectivity index (χ0v) is 12.8. The Kier molecular flexibility index (Phi) is 6.60. The summed E-state index contributed by atoms with van der Waals surface area (Å²) in [6, 6.07) is 12.7. The predicted molar refractivity (Wildman–Crippen MR) is 85.6 cm³/mol. The first-order chi connectivity index (χ1) is 10.3. The van der Waals surface area contributed by atoms with Crippen molar-refractivity contribution in [2.24, 2.45) is 0 Å². The van der Waals surface area contributed by atoms with Crippen molar-refractivity contribution in [2.45, 2.75) is 19.4 Å². The van der Waals surface area contributed by atoms with E-state index in [0.29, 0.717) is 19.8 Å². The van der Waals surface area contributed by atoms with Crippen LogP contribution in [0.5, 0.6) is 0 Å². The Morgan fingerprint density at radius 2 is 2.00 bits per heavy atom. The molecule has 0 spiro atoms. The van der Waals surface area contributed by atoms with E-state index in [1.165, 1.54) is 5.39 Å². The van der Waals surface area contributed by atoms with Crippen molar-refractivity contribution < 1.29 is 9.47 Å². The quantitative estimate of drug-likeness (QED) is 0.720. The highest BCUT2D eigenvalue weighted by Crippen LogP contribution is 2.12. The van der Waals surface area contributed by atoms with Gasteiger partial charge in [0.1, 0.15) is 0 Å². The molecule has 1 aromatic carbocycles. The molecular formula is C17H24N2O2. The van der Waals surface area contributed by atoms with E-state index >= 15 is 0 Å². The first kappa shape index (κ1) is 15.9. The molecule has 0 aliphatic rings. The zero-order chi connectivity index (χ0) is 14.9. The van der Waals surface area contributed by atoms with Crippen LogP contribution in [0.2, 0.25) is 0 Å². The van der Waals surface area contributed by atoms with E-state index in [9.17, 15) is 0 Å². The summed E-state index contributed by atoms with van der Waals surface area (Å²) >= 11 is 0. The van der Waals surface area contributed by atoms with Gasteiger partial charge in [-0.25, -0.2) is 0 Å². The Hall–Kier alpha value is -1.49. The molecule has 0 saturated heterocycles. The number of ether oxygens (including phenoxy) is 2. The fourth-order valence-corrected chi connectivity index (χ4v) is 2.32. The number of hydrogen-bond donors (Lipinski definition) is 1. The third-order valence-corrected chi connectivity index (χ3v) is 3.36. The van der Waals surface area contributed by atoms with E-state index in [-0.39, 0.29) is 6.04 Å². The summed E-state index contributed by atoms with van der Waals surface area (Å²) in [5.41, 5.74) is 2.14. The highest BCUT2D eigenvalue weighted by molar-refractivity contribution is 5.78. The highest BCUT2D eigenvalue weighted by Gasteiger charge is 2.10. The summed E-state index contributed by atoms with van der Waals surface area (Å²) in [4.78, 5) is 4.72. The second-order valence-corrected chi connectivity index (χ2v) is 5.02. The first-order valence-electron chi connectivity index (χ1n) is 7.48. The number of nitrogens with zero attached hydrogens (tertiary/aromatic N) is 1. The van der Waals surface area contributed by atoms with Gasteiger partial charge in [0.2, 0.25) is 0 Å².